The van der Waals surface area contributed by atoms with Gasteiger partial charge in [-0.3, -0.25) is 14.4 Å². The van der Waals surface area contributed by atoms with E-state index in [-0.39, 0.29) is 37.3 Å². The highest BCUT2D eigenvalue weighted by atomic mass is 16.5. The second-order valence-corrected chi connectivity index (χ2v) is 9.96. The minimum atomic E-state index is -0.542. The van der Waals surface area contributed by atoms with E-state index in [0.717, 1.165) is 18.5 Å². The average molecular weight is 566 g/mol. The predicted molar refractivity (Wildman–Crippen MR) is 157 cm³/mol. The molecule has 0 fully saturated rings. The first-order chi connectivity index (χ1) is 19.6. The first-order valence-electron chi connectivity index (χ1n) is 13.4. The Balaban J connectivity index is 1.41. The van der Waals surface area contributed by atoms with Gasteiger partial charge in [-0.2, -0.15) is 0 Å². The quantitative estimate of drug-likeness (QED) is 0.222. The molecule has 0 aliphatic heterocycles. The Morgan fingerprint density at radius 2 is 1.41 bits per heavy atom. The number of hydrogen-bond donors (Lipinski definition) is 4. The van der Waals surface area contributed by atoms with Crippen LogP contribution < -0.4 is 21.3 Å². The van der Waals surface area contributed by atoms with Crippen LogP contribution in [0.5, 0.6) is 0 Å². The summed E-state index contributed by atoms with van der Waals surface area (Å²) in [5.74, 6) is -0.837. The van der Waals surface area contributed by atoms with Crippen molar-refractivity contribution in [2.24, 2.45) is 14.1 Å². The Morgan fingerprint density at radius 1 is 0.805 bits per heavy atom. The summed E-state index contributed by atoms with van der Waals surface area (Å²) in [6.07, 6.45) is 4.21. The summed E-state index contributed by atoms with van der Waals surface area (Å²) in [4.78, 5) is 51.7. The number of amides is 4. The maximum atomic E-state index is 12.9. The van der Waals surface area contributed by atoms with Gasteiger partial charge in [-0.05, 0) is 51.2 Å². The molecule has 220 valence electrons. The molecule has 12 heteroatoms. The van der Waals surface area contributed by atoms with Crippen molar-refractivity contribution < 1.29 is 23.9 Å². The van der Waals surface area contributed by atoms with Gasteiger partial charge in [-0.1, -0.05) is 30.3 Å². The van der Waals surface area contributed by atoms with Crippen molar-refractivity contribution in [1.82, 2.24) is 24.7 Å². The second-order valence-electron chi connectivity index (χ2n) is 9.96. The Morgan fingerprint density at radius 3 is 2.07 bits per heavy atom. The molecular weight excluding hydrogens is 526 g/mol. The van der Waals surface area contributed by atoms with Gasteiger partial charge < -0.3 is 40.0 Å². The summed E-state index contributed by atoms with van der Waals surface area (Å²) in [5, 5.41) is 11.1. The number of carbonyl (C=O) groups is 4. The van der Waals surface area contributed by atoms with E-state index in [2.05, 4.69) is 26.2 Å². The third kappa shape index (κ3) is 10.2. The average Bonchev–Trinajstić information content (AvgIpc) is 3.49. The van der Waals surface area contributed by atoms with Gasteiger partial charge in [-0.15, -0.1) is 0 Å². The van der Waals surface area contributed by atoms with Gasteiger partial charge in [-0.25, -0.2) is 4.79 Å². The zero-order valence-electron chi connectivity index (χ0n) is 24.0. The molecule has 4 amide bonds. The molecule has 3 rings (SSSR count). The fraction of sp³-hybridized carbons (Fsp3) is 0.379. The molecule has 0 bridgehead atoms. The van der Waals surface area contributed by atoms with Gasteiger partial charge in [0.15, 0.2) is 0 Å². The fourth-order valence-corrected chi connectivity index (χ4v) is 4.04. The Labute approximate surface area is 240 Å². The Kier molecular flexibility index (Phi) is 11.5. The topological polar surface area (TPSA) is 139 Å². The van der Waals surface area contributed by atoms with Crippen LogP contribution in [0.2, 0.25) is 0 Å². The molecule has 0 unspecified atom stereocenters. The minimum Gasteiger partial charge on any atom is -0.445 e. The number of aromatic nitrogens is 2. The van der Waals surface area contributed by atoms with Crippen molar-refractivity contribution in [1.29, 1.82) is 0 Å². The molecule has 2 aromatic heterocycles. The number of benzene rings is 1. The number of ether oxygens (including phenoxy) is 1. The number of nitrogens with one attached hydrogen (secondary N) is 4. The molecular formula is C29H39N7O5. The van der Waals surface area contributed by atoms with Crippen LogP contribution in [0, 0.1) is 0 Å². The van der Waals surface area contributed by atoms with E-state index in [0.29, 0.717) is 35.7 Å². The van der Waals surface area contributed by atoms with Crippen LogP contribution in [0.4, 0.5) is 16.2 Å². The number of anilines is 2. The summed E-state index contributed by atoms with van der Waals surface area (Å²) in [5.41, 5.74) is 2.62. The third-order valence-corrected chi connectivity index (χ3v) is 6.15. The van der Waals surface area contributed by atoms with E-state index in [1.165, 1.54) is 0 Å². The fourth-order valence-electron chi connectivity index (χ4n) is 4.04. The largest absolute Gasteiger partial charge is 0.445 e. The van der Waals surface area contributed by atoms with Crippen LogP contribution in [0.15, 0.2) is 54.9 Å². The lowest BCUT2D eigenvalue weighted by Crippen LogP contribution is -2.28. The molecule has 1 aromatic carbocycles. The van der Waals surface area contributed by atoms with E-state index >= 15 is 0 Å². The minimum absolute atomic E-state index is 0.176. The lowest BCUT2D eigenvalue weighted by Gasteiger charge is -2.10. The van der Waals surface area contributed by atoms with Crippen molar-refractivity contribution in [3.05, 3.63) is 71.8 Å². The highest BCUT2D eigenvalue weighted by molar-refractivity contribution is 6.05. The van der Waals surface area contributed by atoms with Gasteiger partial charge in [0, 0.05) is 46.0 Å². The van der Waals surface area contributed by atoms with Crippen LogP contribution in [0.3, 0.4) is 0 Å². The summed E-state index contributed by atoms with van der Waals surface area (Å²) >= 11 is 0. The van der Waals surface area contributed by atoms with Gasteiger partial charge in [0.05, 0.1) is 11.4 Å². The van der Waals surface area contributed by atoms with E-state index in [1.54, 1.807) is 47.8 Å². The third-order valence-electron chi connectivity index (χ3n) is 6.15. The van der Waals surface area contributed by atoms with E-state index < -0.39 is 6.09 Å². The van der Waals surface area contributed by atoms with E-state index in [4.69, 9.17) is 4.74 Å². The molecule has 41 heavy (non-hydrogen) atoms. The number of nitrogens with zero attached hydrogens (tertiary/aromatic N) is 3. The van der Waals surface area contributed by atoms with Crippen molar-refractivity contribution in [3.63, 3.8) is 0 Å². The van der Waals surface area contributed by atoms with Gasteiger partial charge in [0.1, 0.15) is 18.0 Å². The zero-order chi connectivity index (χ0) is 29.8. The number of carbonyl (C=O) groups excluding carboxylic acids is 4. The summed E-state index contributed by atoms with van der Waals surface area (Å²) in [6.45, 7) is 1.89. The SMILES string of the molecule is CN(C)CCCNC(=O)c1cc(NC(=O)c2cc(NC(=O)CCCNC(=O)OCc3ccccc3)cn2C)cn1C. The standard InChI is InChI=1S/C29H39N7O5/c1-34(2)15-9-14-30-27(38)24-17-23(19-35(24)3)33-28(39)25-16-22(18-36(25)4)32-26(37)12-8-13-31-29(40)41-20-21-10-6-5-7-11-21/h5-7,10-11,16-19H,8-9,12-15,20H2,1-4H3,(H,30,38)(H,31,40)(H,32,37)(H,33,39). The Bertz CT molecular complexity index is 1330. The molecule has 0 saturated heterocycles. The zero-order valence-corrected chi connectivity index (χ0v) is 24.0. The summed E-state index contributed by atoms with van der Waals surface area (Å²) in [6, 6.07) is 12.6. The van der Waals surface area contributed by atoms with Crippen molar-refractivity contribution in [3.8, 4) is 0 Å². The van der Waals surface area contributed by atoms with E-state index in [9.17, 15) is 19.2 Å². The molecule has 0 radical (unpaired) electrons. The lowest BCUT2D eigenvalue weighted by atomic mass is 10.2. The Hall–Kier alpha value is -4.58. The van der Waals surface area contributed by atoms with Crippen molar-refractivity contribution in [2.75, 3.05) is 44.4 Å². The molecule has 12 nitrogen and oxygen atoms in total. The summed E-state index contributed by atoms with van der Waals surface area (Å²) < 4.78 is 8.41. The van der Waals surface area contributed by atoms with Crippen LogP contribution in [-0.2, 0) is 30.2 Å². The van der Waals surface area contributed by atoms with Gasteiger partial charge in [0.2, 0.25) is 5.91 Å². The van der Waals surface area contributed by atoms with Crippen LogP contribution in [0.25, 0.3) is 0 Å². The molecule has 3 aromatic rings. The molecule has 2 heterocycles. The lowest BCUT2D eigenvalue weighted by molar-refractivity contribution is -0.116. The van der Waals surface area contributed by atoms with Crippen LogP contribution in [0.1, 0.15) is 45.8 Å². The highest BCUT2D eigenvalue weighted by Crippen LogP contribution is 2.18. The van der Waals surface area contributed by atoms with E-state index in [1.807, 2.05) is 44.4 Å². The molecule has 0 aliphatic rings. The van der Waals surface area contributed by atoms with Crippen molar-refractivity contribution in [2.45, 2.75) is 25.9 Å². The normalized spacial score (nSPS) is 10.8. The first-order valence-corrected chi connectivity index (χ1v) is 13.4. The van der Waals surface area contributed by atoms with Gasteiger partial charge in [0.25, 0.3) is 11.8 Å². The summed E-state index contributed by atoms with van der Waals surface area (Å²) in [7, 11) is 7.40. The maximum Gasteiger partial charge on any atom is 0.407 e. The molecule has 0 saturated carbocycles. The molecule has 0 atom stereocenters. The van der Waals surface area contributed by atoms with Gasteiger partial charge >= 0.3 is 6.09 Å². The number of hydrogen-bond acceptors (Lipinski definition) is 6. The van der Waals surface area contributed by atoms with Crippen LogP contribution >= 0.6 is 0 Å². The molecule has 0 aliphatic carbocycles. The predicted octanol–water partition coefficient (Wildman–Crippen LogP) is 2.94. The number of alkyl carbamates (subject to hydrolysis) is 1. The molecule has 4 N–H and O–H groups in total. The highest BCUT2D eigenvalue weighted by Gasteiger charge is 2.17. The monoisotopic (exact) mass is 565 g/mol. The second kappa shape index (κ2) is 15.3. The smallest absolute Gasteiger partial charge is 0.407 e. The number of aryl methyl sites for hydroxylation is 2. The maximum absolute atomic E-state index is 12.9. The van der Waals surface area contributed by atoms with Crippen LogP contribution in [-0.4, -0.2) is 71.6 Å². The number of rotatable bonds is 14. The molecule has 0 spiro atoms. The van der Waals surface area contributed by atoms with Crippen molar-refractivity contribution >= 4 is 35.2 Å². The first kappa shape index (κ1) is 31.0.